The minimum atomic E-state index is 0.585. The molecule has 0 fully saturated rings. The van der Waals surface area contributed by atoms with E-state index >= 15 is 0 Å². The summed E-state index contributed by atoms with van der Waals surface area (Å²) in [5.41, 5.74) is 7.64. The Balaban J connectivity index is 1.94. The molecule has 0 bridgehead atoms. The topological polar surface area (TPSA) is 92.5 Å². The molecule has 0 spiro atoms. The summed E-state index contributed by atoms with van der Waals surface area (Å²) < 4.78 is 0. The van der Waals surface area contributed by atoms with Gasteiger partial charge in [0.25, 0.3) is 0 Å². The highest BCUT2D eigenvalue weighted by molar-refractivity contribution is 6.00. The van der Waals surface area contributed by atoms with Gasteiger partial charge in [0.15, 0.2) is 0 Å². The van der Waals surface area contributed by atoms with E-state index in [0.717, 1.165) is 28.0 Å². The second-order valence-electron chi connectivity index (χ2n) is 3.91. The Hall–Kier alpha value is -2.63. The average molecular weight is 240 g/mol. The van der Waals surface area contributed by atoms with Gasteiger partial charge in [-0.3, -0.25) is 10.1 Å². The predicted octanol–water partition coefficient (Wildman–Crippen LogP) is 1.55. The van der Waals surface area contributed by atoms with E-state index in [0.29, 0.717) is 6.54 Å². The third-order valence-corrected chi connectivity index (χ3v) is 2.76. The largest absolute Gasteiger partial charge is 0.398 e. The molecule has 2 aromatic heterocycles. The maximum Gasteiger partial charge on any atom is 0.143 e. The van der Waals surface area contributed by atoms with Crippen molar-refractivity contribution in [1.29, 1.82) is 0 Å². The number of rotatable bonds is 3. The molecule has 4 N–H and O–H groups in total. The van der Waals surface area contributed by atoms with Gasteiger partial charge >= 0.3 is 0 Å². The van der Waals surface area contributed by atoms with Gasteiger partial charge in [0, 0.05) is 34.5 Å². The van der Waals surface area contributed by atoms with Gasteiger partial charge in [0.2, 0.25) is 0 Å². The minimum Gasteiger partial charge on any atom is -0.398 e. The van der Waals surface area contributed by atoms with Crippen molar-refractivity contribution in [2.45, 2.75) is 6.54 Å². The number of benzene rings is 1. The molecule has 18 heavy (non-hydrogen) atoms. The molecule has 6 nitrogen and oxygen atoms in total. The molecule has 6 heteroatoms. The minimum absolute atomic E-state index is 0.585. The third kappa shape index (κ3) is 1.84. The van der Waals surface area contributed by atoms with Crippen LogP contribution in [-0.4, -0.2) is 20.2 Å². The SMILES string of the molecule is Nc1ccc(NCc2ncn[nH]2)c2ccncc12. The maximum absolute atomic E-state index is 5.92. The van der Waals surface area contributed by atoms with E-state index in [1.165, 1.54) is 6.33 Å². The standard InChI is InChI=1S/C12H12N6/c13-10-1-2-11(8-3-4-14-5-9(8)10)15-6-12-16-7-17-18-12/h1-5,7,15H,6,13H2,(H,16,17,18). The summed E-state index contributed by atoms with van der Waals surface area (Å²) in [4.78, 5) is 8.15. The van der Waals surface area contributed by atoms with Crippen LogP contribution in [0.2, 0.25) is 0 Å². The van der Waals surface area contributed by atoms with Crippen molar-refractivity contribution in [2.24, 2.45) is 0 Å². The van der Waals surface area contributed by atoms with Crippen LogP contribution in [0.25, 0.3) is 10.8 Å². The monoisotopic (exact) mass is 240 g/mol. The molecule has 0 atom stereocenters. The lowest BCUT2D eigenvalue weighted by molar-refractivity contribution is 0.956. The molecular formula is C12H12N6. The molecule has 0 unspecified atom stereocenters. The molecule has 3 aromatic rings. The second kappa shape index (κ2) is 4.33. The molecule has 0 saturated heterocycles. The van der Waals surface area contributed by atoms with Gasteiger partial charge in [-0.1, -0.05) is 0 Å². The lowest BCUT2D eigenvalue weighted by Gasteiger charge is -2.09. The normalized spacial score (nSPS) is 10.7. The molecule has 0 amide bonds. The number of aromatic nitrogens is 4. The van der Waals surface area contributed by atoms with Gasteiger partial charge in [-0.05, 0) is 18.2 Å². The first kappa shape index (κ1) is 10.5. The molecule has 0 aliphatic rings. The van der Waals surface area contributed by atoms with Crippen LogP contribution in [-0.2, 0) is 6.54 Å². The van der Waals surface area contributed by atoms with Crippen molar-refractivity contribution in [1.82, 2.24) is 20.2 Å². The molecule has 90 valence electrons. The molecule has 1 aromatic carbocycles. The Kier molecular flexibility index (Phi) is 2.53. The van der Waals surface area contributed by atoms with E-state index in [9.17, 15) is 0 Å². The van der Waals surface area contributed by atoms with Crippen molar-refractivity contribution >= 4 is 22.1 Å². The number of nitrogens with zero attached hydrogens (tertiary/aromatic N) is 3. The summed E-state index contributed by atoms with van der Waals surface area (Å²) in [5, 5.41) is 11.9. The van der Waals surface area contributed by atoms with E-state index in [-0.39, 0.29) is 0 Å². The van der Waals surface area contributed by atoms with E-state index < -0.39 is 0 Å². The van der Waals surface area contributed by atoms with Crippen molar-refractivity contribution in [3.05, 3.63) is 42.7 Å². The Morgan fingerprint density at radius 1 is 1.22 bits per heavy atom. The first-order valence-electron chi connectivity index (χ1n) is 5.55. The highest BCUT2D eigenvalue weighted by Gasteiger charge is 2.04. The summed E-state index contributed by atoms with van der Waals surface area (Å²) in [6.07, 6.45) is 5.01. The highest BCUT2D eigenvalue weighted by atomic mass is 15.2. The van der Waals surface area contributed by atoms with Crippen LogP contribution in [0.3, 0.4) is 0 Å². The lowest BCUT2D eigenvalue weighted by Crippen LogP contribution is -2.02. The van der Waals surface area contributed by atoms with Crippen molar-refractivity contribution in [3.8, 4) is 0 Å². The van der Waals surface area contributed by atoms with E-state index in [1.54, 1.807) is 12.4 Å². The van der Waals surface area contributed by atoms with E-state index in [2.05, 4.69) is 25.5 Å². The number of nitrogens with one attached hydrogen (secondary N) is 2. The van der Waals surface area contributed by atoms with Crippen LogP contribution in [0.1, 0.15) is 5.82 Å². The number of nitrogen functional groups attached to an aromatic ring is 1. The van der Waals surface area contributed by atoms with Gasteiger partial charge in [-0.2, -0.15) is 5.10 Å². The lowest BCUT2D eigenvalue weighted by atomic mass is 10.1. The molecule has 3 rings (SSSR count). The van der Waals surface area contributed by atoms with Crippen molar-refractivity contribution < 1.29 is 0 Å². The Labute approximate surface area is 103 Å². The van der Waals surface area contributed by atoms with Crippen LogP contribution in [0.4, 0.5) is 11.4 Å². The number of pyridine rings is 1. The zero-order valence-corrected chi connectivity index (χ0v) is 9.59. The number of hydrogen-bond acceptors (Lipinski definition) is 5. The van der Waals surface area contributed by atoms with Gasteiger partial charge in [0.05, 0.1) is 6.54 Å². The molecular weight excluding hydrogens is 228 g/mol. The first-order chi connectivity index (χ1) is 8.84. The molecule has 0 saturated carbocycles. The fourth-order valence-corrected chi connectivity index (χ4v) is 1.86. The smallest absolute Gasteiger partial charge is 0.143 e. The second-order valence-corrected chi connectivity index (χ2v) is 3.91. The van der Waals surface area contributed by atoms with Gasteiger partial charge in [0.1, 0.15) is 12.2 Å². The van der Waals surface area contributed by atoms with Gasteiger partial charge < -0.3 is 11.1 Å². The van der Waals surface area contributed by atoms with E-state index in [4.69, 9.17) is 5.73 Å². The van der Waals surface area contributed by atoms with Crippen LogP contribution in [0, 0.1) is 0 Å². The molecule has 0 aliphatic carbocycles. The van der Waals surface area contributed by atoms with Crippen LogP contribution < -0.4 is 11.1 Å². The number of nitrogens with two attached hydrogens (primary N) is 1. The van der Waals surface area contributed by atoms with Crippen LogP contribution in [0.5, 0.6) is 0 Å². The number of anilines is 2. The maximum atomic E-state index is 5.92. The summed E-state index contributed by atoms with van der Waals surface area (Å²) in [5.74, 6) is 0.786. The van der Waals surface area contributed by atoms with Crippen LogP contribution in [0.15, 0.2) is 36.9 Å². The number of aromatic amines is 1. The van der Waals surface area contributed by atoms with Gasteiger partial charge in [-0.15, -0.1) is 0 Å². The fourth-order valence-electron chi connectivity index (χ4n) is 1.86. The Bertz CT molecular complexity index is 661. The summed E-state index contributed by atoms with van der Waals surface area (Å²) in [7, 11) is 0. The number of fused-ring (bicyclic) bond motifs is 1. The summed E-state index contributed by atoms with van der Waals surface area (Å²) in [6, 6.07) is 5.76. The molecule has 2 heterocycles. The zero-order valence-electron chi connectivity index (χ0n) is 9.59. The van der Waals surface area contributed by atoms with Crippen LogP contribution >= 0.6 is 0 Å². The number of hydrogen-bond donors (Lipinski definition) is 3. The zero-order chi connectivity index (χ0) is 12.4. The molecule has 0 radical (unpaired) electrons. The fraction of sp³-hybridized carbons (Fsp3) is 0.0833. The summed E-state index contributed by atoms with van der Waals surface area (Å²) in [6.45, 7) is 0.585. The Morgan fingerprint density at radius 2 is 2.17 bits per heavy atom. The Morgan fingerprint density at radius 3 is 3.00 bits per heavy atom. The summed E-state index contributed by atoms with van der Waals surface area (Å²) >= 11 is 0. The third-order valence-electron chi connectivity index (χ3n) is 2.76. The first-order valence-corrected chi connectivity index (χ1v) is 5.55. The van der Waals surface area contributed by atoms with Crippen molar-refractivity contribution in [3.63, 3.8) is 0 Å². The quantitative estimate of drug-likeness (QED) is 0.604. The van der Waals surface area contributed by atoms with E-state index in [1.807, 2.05) is 18.2 Å². The van der Waals surface area contributed by atoms with Gasteiger partial charge in [-0.25, -0.2) is 4.98 Å². The van der Waals surface area contributed by atoms with Crippen molar-refractivity contribution in [2.75, 3.05) is 11.1 Å². The molecule has 0 aliphatic heterocycles. The predicted molar refractivity (Wildman–Crippen MR) is 69.9 cm³/mol. The average Bonchev–Trinajstić information content (AvgIpc) is 2.92. The highest BCUT2D eigenvalue weighted by Crippen LogP contribution is 2.27. The number of H-pyrrole nitrogens is 1.